The van der Waals surface area contributed by atoms with Crippen molar-refractivity contribution in [2.24, 2.45) is 4.99 Å². The molecule has 6 heteroatoms. The molecule has 2 aromatic carbocycles. The Labute approximate surface area is 149 Å². The van der Waals surface area contributed by atoms with Crippen LogP contribution in [0.15, 0.2) is 53.5 Å². The van der Waals surface area contributed by atoms with Gasteiger partial charge in [-0.25, -0.2) is 0 Å². The lowest BCUT2D eigenvalue weighted by atomic mass is 9.95. The number of thioether (sulfide) groups is 1. The van der Waals surface area contributed by atoms with Gasteiger partial charge in [0.1, 0.15) is 6.04 Å². The number of hydrogen-bond donors (Lipinski definition) is 2. The van der Waals surface area contributed by atoms with Gasteiger partial charge in [-0.3, -0.25) is 4.99 Å². The van der Waals surface area contributed by atoms with E-state index in [1.54, 1.807) is 0 Å². The largest absolute Gasteiger partial charge is 0.396 e. The Morgan fingerprint density at radius 3 is 2.09 bits per heavy atom. The minimum Gasteiger partial charge on any atom is -0.396 e. The van der Waals surface area contributed by atoms with Crippen LogP contribution in [0.1, 0.15) is 23.2 Å². The first-order chi connectivity index (χ1) is 11.2. The molecule has 1 aliphatic heterocycles. The highest BCUT2D eigenvalue weighted by Gasteiger charge is 2.31. The molecule has 0 spiro atoms. The second kappa shape index (κ2) is 7.58. The number of nitrogens with zero attached hydrogens (tertiary/aromatic N) is 1. The van der Waals surface area contributed by atoms with Crippen molar-refractivity contribution >= 4 is 40.1 Å². The zero-order valence-corrected chi connectivity index (χ0v) is 14.6. The van der Waals surface area contributed by atoms with Crippen molar-refractivity contribution in [1.29, 1.82) is 0 Å². The fourth-order valence-corrected chi connectivity index (χ4v) is 3.47. The number of amidine groups is 1. The molecular formula is C17H16Cl2N2OS. The third-order valence-corrected chi connectivity index (χ3v) is 5.01. The molecule has 3 nitrogen and oxygen atoms in total. The Morgan fingerprint density at radius 1 is 0.957 bits per heavy atom. The molecular weight excluding hydrogens is 351 g/mol. The zero-order chi connectivity index (χ0) is 16.2. The van der Waals surface area contributed by atoms with E-state index in [1.807, 2.05) is 48.5 Å². The first-order valence-corrected chi connectivity index (χ1v) is 9.00. The number of aliphatic hydroxyl groups excluding tert-OH is 1. The third kappa shape index (κ3) is 4.01. The van der Waals surface area contributed by atoms with Crippen LogP contribution in [-0.4, -0.2) is 22.6 Å². The second-order valence-corrected chi connectivity index (χ2v) is 7.13. The van der Waals surface area contributed by atoms with Crippen LogP contribution in [0, 0.1) is 0 Å². The smallest absolute Gasteiger partial charge is 0.157 e. The van der Waals surface area contributed by atoms with Gasteiger partial charge in [0, 0.05) is 15.8 Å². The molecule has 0 fully saturated rings. The van der Waals surface area contributed by atoms with Crippen molar-refractivity contribution in [3.63, 3.8) is 0 Å². The van der Waals surface area contributed by atoms with Gasteiger partial charge >= 0.3 is 0 Å². The lowest BCUT2D eigenvalue weighted by molar-refractivity contribution is 0.323. The van der Waals surface area contributed by atoms with Gasteiger partial charge in [0.25, 0.3) is 0 Å². The van der Waals surface area contributed by atoms with Crippen LogP contribution in [-0.2, 0) is 0 Å². The van der Waals surface area contributed by atoms with Gasteiger partial charge in [-0.15, -0.1) is 0 Å². The van der Waals surface area contributed by atoms with E-state index in [1.165, 1.54) is 11.8 Å². The molecule has 0 aliphatic carbocycles. The van der Waals surface area contributed by atoms with Crippen molar-refractivity contribution in [3.05, 3.63) is 69.7 Å². The average Bonchev–Trinajstić information content (AvgIpc) is 2.98. The lowest BCUT2D eigenvalue weighted by Gasteiger charge is -2.19. The SMILES string of the molecule is OCCSC1=NC(c2ccc(Cl)cc2)C(c2ccc(Cl)cc2)N1. The predicted molar refractivity (Wildman–Crippen MR) is 98.5 cm³/mol. The summed E-state index contributed by atoms with van der Waals surface area (Å²) in [5, 5.41) is 14.7. The number of nitrogens with one attached hydrogen (secondary N) is 1. The molecule has 2 aromatic rings. The molecule has 120 valence electrons. The number of rotatable bonds is 4. The monoisotopic (exact) mass is 366 g/mol. The van der Waals surface area contributed by atoms with Crippen molar-refractivity contribution in [3.8, 4) is 0 Å². The highest BCUT2D eigenvalue weighted by Crippen LogP contribution is 2.38. The van der Waals surface area contributed by atoms with Crippen LogP contribution >= 0.6 is 35.0 Å². The van der Waals surface area contributed by atoms with E-state index in [4.69, 9.17) is 33.3 Å². The Kier molecular flexibility index (Phi) is 5.49. The number of hydrogen-bond acceptors (Lipinski definition) is 4. The highest BCUT2D eigenvalue weighted by atomic mass is 35.5. The standard InChI is InChI=1S/C17H16Cl2N2OS/c18-13-5-1-11(2-6-13)15-16(12-3-7-14(19)8-4-12)21-17(20-15)23-10-9-22/h1-8,15-16,22H,9-10H2,(H,20,21). The molecule has 2 atom stereocenters. The van der Waals surface area contributed by atoms with Crippen LogP contribution in [0.25, 0.3) is 0 Å². The predicted octanol–water partition coefficient (Wildman–Crippen LogP) is 4.46. The summed E-state index contributed by atoms with van der Waals surface area (Å²) in [6, 6.07) is 15.6. The second-order valence-electron chi connectivity index (χ2n) is 5.18. The molecule has 1 heterocycles. The fraction of sp³-hybridized carbons (Fsp3) is 0.235. The molecule has 0 radical (unpaired) electrons. The number of benzene rings is 2. The molecule has 0 bridgehead atoms. The van der Waals surface area contributed by atoms with Gasteiger partial charge in [-0.05, 0) is 35.4 Å². The van der Waals surface area contributed by atoms with E-state index in [0.29, 0.717) is 15.8 Å². The number of aliphatic imine (C=N–C) groups is 1. The van der Waals surface area contributed by atoms with E-state index in [9.17, 15) is 0 Å². The third-order valence-electron chi connectivity index (χ3n) is 3.62. The summed E-state index contributed by atoms with van der Waals surface area (Å²) in [6.07, 6.45) is 0. The molecule has 23 heavy (non-hydrogen) atoms. The minimum absolute atomic E-state index is 0.0327. The van der Waals surface area contributed by atoms with Crippen LogP contribution in [0.3, 0.4) is 0 Å². The molecule has 0 amide bonds. The molecule has 0 saturated heterocycles. The summed E-state index contributed by atoms with van der Waals surface area (Å²) in [7, 11) is 0. The maximum absolute atomic E-state index is 9.02. The highest BCUT2D eigenvalue weighted by molar-refractivity contribution is 8.13. The van der Waals surface area contributed by atoms with E-state index in [0.717, 1.165) is 16.3 Å². The molecule has 2 unspecified atom stereocenters. The molecule has 1 aliphatic rings. The van der Waals surface area contributed by atoms with Gasteiger partial charge in [-0.1, -0.05) is 59.2 Å². The fourth-order valence-electron chi connectivity index (χ4n) is 2.53. The van der Waals surface area contributed by atoms with Crippen LogP contribution < -0.4 is 5.32 Å². The maximum Gasteiger partial charge on any atom is 0.157 e. The van der Waals surface area contributed by atoms with Gasteiger partial charge in [0.15, 0.2) is 5.17 Å². The quantitative estimate of drug-likeness (QED) is 0.839. The minimum atomic E-state index is -0.0327. The Morgan fingerprint density at radius 2 is 1.52 bits per heavy atom. The van der Waals surface area contributed by atoms with Gasteiger partial charge in [0.2, 0.25) is 0 Å². The summed E-state index contributed by atoms with van der Waals surface area (Å²) < 4.78 is 0. The average molecular weight is 367 g/mol. The normalized spacial score (nSPS) is 20.2. The van der Waals surface area contributed by atoms with Crippen molar-refractivity contribution in [1.82, 2.24) is 5.32 Å². The summed E-state index contributed by atoms with van der Waals surface area (Å²) in [4.78, 5) is 4.79. The van der Waals surface area contributed by atoms with Crippen LogP contribution in [0.2, 0.25) is 10.0 Å². The van der Waals surface area contributed by atoms with E-state index >= 15 is 0 Å². The van der Waals surface area contributed by atoms with Gasteiger partial charge in [0.05, 0.1) is 12.6 Å². The summed E-state index contributed by atoms with van der Waals surface area (Å²) >= 11 is 13.5. The van der Waals surface area contributed by atoms with E-state index in [-0.39, 0.29) is 18.7 Å². The van der Waals surface area contributed by atoms with Crippen LogP contribution in [0.4, 0.5) is 0 Å². The Hall–Kier alpha value is -1.20. The zero-order valence-electron chi connectivity index (χ0n) is 12.2. The van der Waals surface area contributed by atoms with Crippen molar-refractivity contribution in [2.75, 3.05) is 12.4 Å². The molecule has 3 rings (SSSR count). The lowest BCUT2D eigenvalue weighted by Crippen LogP contribution is -2.23. The first-order valence-electron chi connectivity index (χ1n) is 7.26. The van der Waals surface area contributed by atoms with Crippen molar-refractivity contribution in [2.45, 2.75) is 12.1 Å². The topological polar surface area (TPSA) is 44.6 Å². The maximum atomic E-state index is 9.02. The van der Waals surface area contributed by atoms with E-state index < -0.39 is 0 Å². The number of aliphatic hydroxyl groups is 1. The van der Waals surface area contributed by atoms with Crippen molar-refractivity contribution < 1.29 is 5.11 Å². The molecule has 0 saturated carbocycles. The van der Waals surface area contributed by atoms with Gasteiger partial charge < -0.3 is 10.4 Å². The van der Waals surface area contributed by atoms with Crippen LogP contribution in [0.5, 0.6) is 0 Å². The van der Waals surface area contributed by atoms with E-state index in [2.05, 4.69) is 5.32 Å². The first kappa shape index (κ1) is 16.7. The molecule has 2 N–H and O–H groups in total. The molecule has 0 aromatic heterocycles. The Bertz CT molecular complexity index is 689. The summed E-state index contributed by atoms with van der Waals surface area (Å²) in [6.45, 7) is 0.128. The Balaban J connectivity index is 1.90. The number of halogens is 2. The summed E-state index contributed by atoms with van der Waals surface area (Å²) in [5.41, 5.74) is 2.22. The van der Waals surface area contributed by atoms with Gasteiger partial charge in [-0.2, -0.15) is 0 Å². The summed E-state index contributed by atoms with van der Waals surface area (Å²) in [5.74, 6) is 0.618.